The molecule has 1 N–H and O–H groups in total. The third-order valence-electron chi connectivity index (χ3n) is 6.59. The number of hydrogen-bond donors (Lipinski definition) is 1. The lowest BCUT2D eigenvalue weighted by Crippen LogP contribution is -2.47. The van der Waals surface area contributed by atoms with Gasteiger partial charge in [-0.3, -0.25) is 0 Å². The van der Waals surface area contributed by atoms with Crippen molar-refractivity contribution in [3.05, 3.63) is 65.7 Å². The van der Waals surface area contributed by atoms with Crippen LogP contribution in [-0.4, -0.2) is 32.4 Å². The second-order valence-corrected chi connectivity index (χ2v) is 10.3. The van der Waals surface area contributed by atoms with Crippen LogP contribution in [0, 0.1) is 12.8 Å². The third kappa shape index (κ3) is 4.73. The van der Waals surface area contributed by atoms with Gasteiger partial charge in [-0.05, 0) is 69.3 Å². The maximum absolute atomic E-state index is 13.3. The van der Waals surface area contributed by atoms with Crippen LogP contribution in [0.4, 0.5) is 0 Å². The Morgan fingerprint density at radius 2 is 1.55 bits per heavy atom. The summed E-state index contributed by atoms with van der Waals surface area (Å²) in [7, 11) is -3.59. The van der Waals surface area contributed by atoms with Crippen LogP contribution in [0.1, 0.15) is 55.7 Å². The van der Waals surface area contributed by atoms with Crippen molar-refractivity contribution in [3.8, 4) is 0 Å². The predicted octanol–water partition coefficient (Wildman–Crippen LogP) is 4.67. The van der Waals surface area contributed by atoms with Crippen LogP contribution in [0.5, 0.6) is 0 Å². The minimum atomic E-state index is -3.59. The van der Waals surface area contributed by atoms with Crippen LogP contribution in [0.15, 0.2) is 59.5 Å². The zero-order valence-electron chi connectivity index (χ0n) is 17.3. The number of hydrogen-bond acceptors (Lipinski definition) is 3. The Morgan fingerprint density at radius 3 is 2.24 bits per heavy atom. The molecule has 0 radical (unpaired) electrons. The summed E-state index contributed by atoms with van der Waals surface area (Å²) in [5.41, 5.74) is 2.13. The number of nitrogens with zero attached hydrogens (tertiary/aromatic N) is 1. The highest BCUT2D eigenvalue weighted by Gasteiger charge is 2.38. The van der Waals surface area contributed by atoms with E-state index in [9.17, 15) is 8.42 Å². The number of rotatable bonds is 6. The van der Waals surface area contributed by atoms with Gasteiger partial charge in [0.1, 0.15) is 0 Å². The normalized spacial score (nSPS) is 24.4. The van der Waals surface area contributed by atoms with Gasteiger partial charge in [-0.25, -0.2) is 13.1 Å². The number of benzene rings is 2. The van der Waals surface area contributed by atoms with Crippen molar-refractivity contribution in [2.24, 2.45) is 5.92 Å². The van der Waals surface area contributed by atoms with Gasteiger partial charge >= 0.3 is 0 Å². The molecule has 3 atom stereocenters. The van der Waals surface area contributed by atoms with E-state index in [4.69, 9.17) is 0 Å². The lowest BCUT2D eigenvalue weighted by atomic mass is 9.77. The van der Waals surface area contributed by atoms with Crippen LogP contribution in [0.2, 0.25) is 0 Å². The Kier molecular flexibility index (Phi) is 6.38. The Labute approximate surface area is 175 Å². The maximum Gasteiger partial charge on any atom is 0.241 e. The molecule has 0 aromatic heterocycles. The predicted molar refractivity (Wildman–Crippen MR) is 117 cm³/mol. The molecule has 29 heavy (non-hydrogen) atoms. The van der Waals surface area contributed by atoms with Gasteiger partial charge in [-0.15, -0.1) is 0 Å². The van der Waals surface area contributed by atoms with E-state index >= 15 is 0 Å². The van der Waals surface area contributed by atoms with Gasteiger partial charge < -0.3 is 4.90 Å². The van der Waals surface area contributed by atoms with Crippen molar-refractivity contribution < 1.29 is 8.42 Å². The van der Waals surface area contributed by atoms with Gasteiger partial charge in [0.15, 0.2) is 0 Å². The standard InChI is InChI=1S/C24H32N2O2S/c1-19-13-15-21(16-14-19)29(27,28)25-24(20-9-3-2-4-10-20)22-11-5-6-12-23(22)26-17-7-8-18-26/h2-4,9-10,13-16,22-25H,5-8,11-12,17-18H2,1H3/t22-,23+,24+/m1/s1. The molecule has 2 aromatic rings. The molecule has 156 valence electrons. The molecule has 2 fully saturated rings. The van der Waals surface area contributed by atoms with Crippen LogP contribution in [0.3, 0.4) is 0 Å². The highest BCUT2D eigenvalue weighted by molar-refractivity contribution is 7.89. The Morgan fingerprint density at radius 1 is 0.897 bits per heavy atom. The van der Waals surface area contributed by atoms with E-state index < -0.39 is 10.0 Å². The van der Waals surface area contributed by atoms with Crippen LogP contribution < -0.4 is 4.72 Å². The summed E-state index contributed by atoms with van der Waals surface area (Å²) in [4.78, 5) is 2.96. The van der Waals surface area contributed by atoms with Crippen molar-refractivity contribution >= 4 is 10.0 Å². The molecule has 2 aliphatic rings. The van der Waals surface area contributed by atoms with Gasteiger partial charge in [0, 0.05) is 6.04 Å². The Hall–Kier alpha value is -1.69. The first-order valence-corrected chi connectivity index (χ1v) is 12.4. The van der Waals surface area contributed by atoms with Gasteiger partial charge in [-0.2, -0.15) is 0 Å². The molecule has 4 rings (SSSR count). The molecule has 5 heteroatoms. The summed E-state index contributed by atoms with van der Waals surface area (Å²) in [6.07, 6.45) is 7.16. The van der Waals surface area contributed by atoms with Crippen LogP contribution >= 0.6 is 0 Å². The number of likely N-dealkylation sites (tertiary alicyclic amines) is 1. The van der Waals surface area contributed by atoms with Gasteiger partial charge in [-0.1, -0.05) is 60.9 Å². The van der Waals surface area contributed by atoms with E-state index in [-0.39, 0.29) is 6.04 Å². The van der Waals surface area contributed by atoms with Crippen LogP contribution in [0.25, 0.3) is 0 Å². The summed E-state index contributed by atoms with van der Waals surface area (Å²) in [6.45, 7) is 4.26. The zero-order valence-corrected chi connectivity index (χ0v) is 18.1. The van der Waals surface area contributed by atoms with Crippen molar-refractivity contribution in [1.82, 2.24) is 9.62 Å². The molecular weight excluding hydrogens is 380 g/mol. The molecular formula is C24H32N2O2S. The molecule has 0 bridgehead atoms. The average molecular weight is 413 g/mol. The molecule has 0 spiro atoms. The van der Waals surface area contributed by atoms with E-state index in [0.29, 0.717) is 16.9 Å². The topological polar surface area (TPSA) is 49.4 Å². The molecule has 0 unspecified atom stereocenters. The third-order valence-corrected chi connectivity index (χ3v) is 8.05. The van der Waals surface area contributed by atoms with E-state index in [1.54, 1.807) is 12.1 Å². The fourth-order valence-electron chi connectivity index (χ4n) is 5.07. The lowest BCUT2D eigenvalue weighted by molar-refractivity contribution is 0.107. The SMILES string of the molecule is Cc1ccc(S(=O)(=O)N[C@@H](c2ccccc2)[C@@H]2CCCC[C@@H]2N2CCCC2)cc1. The maximum atomic E-state index is 13.3. The largest absolute Gasteiger partial charge is 0.300 e. The summed E-state index contributed by atoms with van der Waals surface area (Å²) in [5.74, 6) is 0.296. The second-order valence-electron chi connectivity index (χ2n) is 8.58. The molecule has 2 aromatic carbocycles. The Balaban J connectivity index is 1.67. The number of sulfonamides is 1. The minimum Gasteiger partial charge on any atom is -0.300 e. The first-order valence-electron chi connectivity index (χ1n) is 10.9. The molecule has 1 saturated carbocycles. The first-order chi connectivity index (χ1) is 14.0. The van der Waals surface area contributed by atoms with Crippen molar-refractivity contribution in [2.45, 2.75) is 62.4 Å². The highest BCUT2D eigenvalue weighted by Crippen LogP contribution is 2.39. The van der Waals surface area contributed by atoms with E-state index in [0.717, 1.165) is 30.6 Å². The summed E-state index contributed by atoms with van der Waals surface area (Å²) in [5, 5.41) is 0. The summed E-state index contributed by atoms with van der Waals surface area (Å²) < 4.78 is 29.7. The summed E-state index contributed by atoms with van der Waals surface area (Å²) in [6, 6.07) is 17.5. The summed E-state index contributed by atoms with van der Waals surface area (Å²) >= 11 is 0. The van der Waals surface area contributed by atoms with E-state index in [2.05, 4.69) is 21.8 Å². The zero-order chi connectivity index (χ0) is 20.3. The highest BCUT2D eigenvalue weighted by atomic mass is 32.2. The smallest absolute Gasteiger partial charge is 0.241 e. The van der Waals surface area contributed by atoms with Crippen molar-refractivity contribution in [2.75, 3.05) is 13.1 Å². The van der Waals surface area contributed by atoms with Crippen molar-refractivity contribution in [1.29, 1.82) is 0 Å². The second kappa shape index (κ2) is 8.99. The average Bonchev–Trinajstić information content (AvgIpc) is 3.28. The molecule has 1 saturated heterocycles. The molecule has 1 heterocycles. The van der Waals surface area contributed by atoms with E-state index in [1.807, 2.05) is 37.3 Å². The lowest BCUT2D eigenvalue weighted by Gasteiger charge is -2.42. The Bertz CT molecular complexity index is 890. The minimum absolute atomic E-state index is 0.201. The molecule has 4 nitrogen and oxygen atoms in total. The molecule has 1 aliphatic carbocycles. The van der Waals surface area contributed by atoms with Gasteiger partial charge in [0.2, 0.25) is 10.0 Å². The number of aryl methyl sites for hydroxylation is 1. The van der Waals surface area contributed by atoms with E-state index in [1.165, 1.54) is 32.1 Å². The van der Waals surface area contributed by atoms with Gasteiger partial charge in [0.05, 0.1) is 10.9 Å². The van der Waals surface area contributed by atoms with Crippen molar-refractivity contribution in [3.63, 3.8) is 0 Å². The first kappa shape index (κ1) is 20.6. The monoisotopic (exact) mass is 412 g/mol. The quantitative estimate of drug-likeness (QED) is 0.750. The fraction of sp³-hybridized carbons (Fsp3) is 0.500. The number of nitrogens with one attached hydrogen (secondary N) is 1. The molecule has 0 amide bonds. The van der Waals surface area contributed by atoms with Crippen LogP contribution in [-0.2, 0) is 10.0 Å². The van der Waals surface area contributed by atoms with Gasteiger partial charge in [0.25, 0.3) is 0 Å². The molecule has 1 aliphatic heterocycles. The fourth-order valence-corrected chi connectivity index (χ4v) is 6.35.